The number of piperazine rings is 1. The smallest absolute Gasteiger partial charge is 0.323 e. The van der Waals surface area contributed by atoms with E-state index in [-0.39, 0.29) is 24.2 Å². The maximum Gasteiger partial charge on any atom is 0.323 e. The van der Waals surface area contributed by atoms with Crippen LogP contribution in [0, 0.1) is 12.7 Å². The summed E-state index contributed by atoms with van der Waals surface area (Å²) in [4.78, 5) is 43.8. The molecule has 36 heavy (non-hydrogen) atoms. The monoisotopic (exact) mass is 501 g/mol. The van der Waals surface area contributed by atoms with Crippen LogP contribution in [0.3, 0.4) is 0 Å². The largest absolute Gasteiger partial charge is 0.375 e. The zero-order valence-electron chi connectivity index (χ0n) is 20.5. The van der Waals surface area contributed by atoms with Crippen molar-refractivity contribution in [1.82, 2.24) is 25.4 Å². The van der Waals surface area contributed by atoms with Gasteiger partial charge in [0.25, 0.3) is 0 Å². The number of carbonyl (C=O) groups excluding carboxylic acids is 3. The fourth-order valence-electron chi connectivity index (χ4n) is 3.64. The van der Waals surface area contributed by atoms with Gasteiger partial charge in [0.05, 0.1) is 17.6 Å². The molecule has 1 aliphatic rings. The molecule has 0 aliphatic carbocycles. The number of hydrogen-bond donors (Lipinski definition) is 4. The zero-order valence-corrected chi connectivity index (χ0v) is 20.5. The van der Waals surface area contributed by atoms with Crippen LogP contribution in [0.5, 0.6) is 0 Å². The standard InChI is InChI=1S/C24H32FN7O4/c1-17-6-7-19(14-28-17)29-23(34)30-20-5-3-4-18(22(20)25)15-31-10-12-32(13-11-31)24(35)27-9-8-26-21(33)16-36-2/h3-7,14H,8-13,15-16H2,1-2H3,(H,26,33)(H,27,35)(H2,29,30,34). The minimum atomic E-state index is -0.561. The molecular weight excluding hydrogens is 469 g/mol. The molecule has 0 radical (unpaired) electrons. The van der Waals surface area contributed by atoms with Crippen molar-refractivity contribution >= 4 is 29.3 Å². The average molecular weight is 502 g/mol. The summed E-state index contributed by atoms with van der Waals surface area (Å²) in [7, 11) is 1.44. The number of benzene rings is 1. The van der Waals surface area contributed by atoms with Crippen molar-refractivity contribution < 1.29 is 23.5 Å². The van der Waals surface area contributed by atoms with Gasteiger partial charge in [0, 0.05) is 64.2 Å². The molecule has 1 aromatic carbocycles. The van der Waals surface area contributed by atoms with E-state index in [1.165, 1.54) is 19.4 Å². The number of aryl methyl sites for hydroxylation is 1. The summed E-state index contributed by atoms with van der Waals surface area (Å²) >= 11 is 0. The van der Waals surface area contributed by atoms with Gasteiger partial charge in [-0.15, -0.1) is 0 Å². The molecule has 2 aromatic rings. The lowest BCUT2D eigenvalue weighted by Gasteiger charge is -2.34. The molecule has 11 nitrogen and oxygen atoms in total. The van der Waals surface area contributed by atoms with Crippen molar-refractivity contribution in [3.05, 3.63) is 53.6 Å². The Morgan fingerprint density at radius 3 is 2.47 bits per heavy atom. The number of nitrogens with one attached hydrogen (secondary N) is 4. The van der Waals surface area contributed by atoms with Gasteiger partial charge in [-0.25, -0.2) is 14.0 Å². The fraction of sp³-hybridized carbons (Fsp3) is 0.417. The summed E-state index contributed by atoms with van der Waals surface area (Å²) in [6.45, 7) is 4.95. The molecule has 0 bridgehead atoms. The van der Waals surface area contributed by atoms with Crippen LogP contribution in [0.25, 0.3) is 0 Å². The van der Waals surface area contributed by atoms with Crippen LogP contribution in [-0.2, 0) is 16.1 Å². The van der Waals surface area contributed by atoms with Crippen molar-refractivity contribution in [2.24, 2.45) is 0 Å². The molecule has 3 rings (SSSR count). The third-order valence-corrected chi connectivity index (χ3v) is 5.55. The highest BCUT2D eigenvalue weighted by Gasteiger charge is 2.22. The van der Waals surface area contributed by atoms with E-state index in [0.29, 0.717) is 57.1 Å². The second kappa shape index (κ2) is 13.4. The SMILES string of the molecule is COCC(=O)NCCNC(=O)N1CCN(Cc2cccc(NC(=O)Nc3ccc(C)nc3)c2F)CC1. The Morgan fingerprint density at radius 2 is 1.78 bits per heavy atom. The van der Waals surface area contributed by atoms with E-state index in [9.17, 15) is 14.4 Å². The molecule has 0 unspecified atom stereocenters. The van der Waals surface area contributed by atoms with Crippen molar-refractivity contribution in [2.75, 3.05) is 63.6 Å². The van der Waals surface area contributed by atoms with Crippen molar-refractivity contribution in [3.8, 4) is 0 Å². The number of rotatable bonds is 9. The first-order valence-corrected chi connectivity index (χ1v) is 11.6. The maximum absolute atomic E-state index is 15.1. The van der Waals surface area contributed by atoms with Gasteiger partial charge in [-0.3, -0.25) is 14.7 Å². The summed E-state index contributed by atoms with van der Waals surface area (Å²) in [6.07, 6.45) is 1.53. The van der Waals surface area contributed by atoms with Crippen LogP contribution in [0.4, 0.5) is 25.4 Å². The first-order chi connectivity index (χ1) is 17.4. The number of carbonyl (C=O) groups is 3. The Bertz CT molecular complexity index is 1040. The average Bonchev–Trinajstić information content (AvgIpc) is 2.86. The summed E-state index contributed by atoms with van der Waals surface area (Å²) in [5.74, 6) is -0.735. The summed E-state index contributed by atoms with van der Waals surface area (Å²) in [5.41, 5.74) is 1.87. The van der Waals surface area contributed by atoms with Gasteiger partial charge in [0.2, 0.25) is 5.91 Å². The van der Waals surface area contributed by atoms with E-state index in [1.807, 2.05) is 6.92 Å². The quantitative estimate of drug-likeness (QED) is 0.388. The molecule has 0 saturated carbocycles. The lowest BCUT2D eigenvalue weighted by atomic mass is 10.1. The van der Waals surface area contributed by atoms with Gasteiger partial charge in [-0.1, -0.05) is 12.1 Å². The highest BCUT2D eigenvalue weighted by atomic mass is 19.1. The van der Waals surface area contributed by atoms with E-state index in [4.69, 9.17) is 4.74 Å². The third kappa shape index (κ3) is 8.17. The summed E-state index contributed by atoms with van der Waals surface area (Å²) in [5, 5.41) is 10.6. The minimum absolute atomic E-state index is 0.0200. The molecule has 0 spiro atoms. The number of aromatic nitrogens is 1. The Kier molecular flexibility index (Phi) is 9.95. The van der Waals surface area contributed by atoms with Crippen molar-refractivity contribution in [3.63, 3.8) is 0 Å². The number of ether oxygens (including phenoxy) is 1. The first kappa shape index (κ1) is 26.8. The molecular formula is C24H32FN7O4. The van der Waals surface area contributed by atoms with Gasteiger partial charge in [-0.2, -0.15) is 0 Å². The first-order valence-electron chi connectivity index (χ1n) is 11.6. The molecule has 5 amide bonds. The van der Waals surface area contributed by atoms with E-state index >= 15 is 4.39 Å². The number of amides is 5. The molecule has 1 aliphatic heterocycles. The van der Waals surface area contributed by atoms with Crippen LogP contribution >= 0.6 is 0 Å². The van der Waals surface area contributed by atoms with E-state index in [0.717, 1.165) is 5.69 Å². The number of hydrogen-bond acceptors (Lipinski definition) is 6. The molecule has 1 aromatic heterocycles. The molecule has 1 saturated heterocycles. The Hall–Kier alpha value is -3.77. The molecule has 4 N–H and O–H groups in total. The van der Waals surface area contributed by atoms with Crippen LogP contribution < -0.4 is 21.3 Å². The predicted molar refractivity (Wildman–Crippen MR) is 133 cm³/mol. The molecule has 12 heteroatoms. The lowest BCUT2D eigenvalue weighted by Crippen LogP contribution is -2.52. The molecule has 1 fully saturated rings. The van der Waals surface area contributed by atoms with Gasteiger partial charge in [0.1, 0.15) is 6.61 Å². The summed E-state index contributed by atoms with van der Waals surface area (Å²) < 4.78 is 19.8. The van der Waals surface area contributed by atoms with Crippen LogP contribution in [0.15, 0.2) is 36.5 Å². The third-order valence-electron chi connectivity index (χ3n) is 5.55. The van der Waals surface area contributed by atoms with Gasteiger partial charge < -0.3 is 30.9 Å². The highest BCUT2D eigenvalue weighted by Crippen LogP contribution is 2.20. The number of anilines is 2. The zero-order chi connectivity index (χ0) is 25.9. The highest BCUT2D eigenvalue weighted by molar-refractivity contribution is 5.99. The van der Waals surface area contributed by atoms with Crippen LogP contribution in [0.2, 0.25) is 0 Å². The normalized spacial score (nSPS) is 13.7. The molecule has 194 valence electrons. The number of pyridine rings is 1. The predicted octanol–water partition coefficient (Wildman–Crippen LogP) is 1.76. The van der Waals surface area contributed by atoms with Gasteiger partial charge in [0.15, 0.2) is 5.82 Å². The molecule has 0 atom stereocenters. The number of methoxy groups -OCH3 is 1. The van der Waals surface area contributed by atoms with Crippen molar-refractivity contribution in [1.29, 1.82) is 0 Å². The Morgan fingerprint density at radius 1 is 1.03 bits per heavy atom. The minimum Gasteiger partial charge on any atom is -0.375 e. The van der Waals surface area contributed by atoms with Crippen molar-refractivity contribution in [2.45, 2.75) is 13.5 Å². The Labute approximate surface area is 209 Å². The van der Waals surface area contributed by atoms with Gasteiger partial charge >= 0.3 is 12.1 Å². The van der Waals surface area contributed by atoms with Gasteiger partial charge in [-0.05, 0) is 25.1 Å². The second-order valence-corrected chi connectivity index (χ2v) is 8.32. The maximum atomic E-state index is 15.1. The topological polar surface area (TPSA) is 128 Å². The van der Waals surface area contributed by atoms with E-state index in [1.54, 1.807) is 29.2 Å². The van der Waals surface area contributed by atoms with Crippen LogP contribution in [0.1, 0.15) is 11.3 Å². The number of nitrogens with zero attached hydrogens (tertiary/aromatic N) is 3. The number of urea groups is 2. The van der Waals surface area contributed by atoms with E-state index < -0.39 is 11.8 Å². The lowest BCUT2D eigenvalue weighted by molar-refractivity contribution is -0.124. The van der Waals surface area contributed by atoms with E-state index in [2.05, 4.69) is 31.2 Å². The molecule has 2 heterocycles. The fourth-order valence-corrected chi connectivity index (χ4v) is 3.64. The summed E-state index contributed by atoms with van der Waals surface area (Å²) in [6, 6.07) is 7.60. The second-order valence-electron chi connectivity index (χ2n) is 8.32. The Balaban J connectivity index is 1.43. The number of halogens is 1. The van der Waals surface area contributed by atoms with Crippen LogP contribution in [-0.4, -0.2) is 85.7 Å².